The molecule has 0 aliphatic heterocycles. The highest BCUT2D eigenvalue weighted by molar-refractivity contribution is 7.97. The van der Waals surface area contributed by atoms with Crippen LogP contribution in [0.15, 0.2) is 89.8 Å². The summed E-state index contributed by atoms with van der Waals surface area (Å²) in [4.78, 5) is 12.4. The maximum atomic E-state index is 13.4. The molecule has 4 rings (SSSR count). The molecular weight excluding hydrogens is 488 g/mol. The van der Waals surface area contributed by atoms with Crippen molar-refractivity contribution in [1.29, 1.82) is 0 Å². The van der Waals surface area contributed by atoms with Crippen LogP contribution >= 0.6 is 23.5 Å². The van der Waals surface area contributed by atoms with Crippen molar-refractivity contribution in [3.8, 4) is 11.5 Å². The summed E-state index contributed by atoms with van der Waals surface area (Å²) in [6.07, 6.45) is 0.752. The first-order valence-corrected chi connectivity index (χ1v) is 12.0. The number of nitrogens with zero attached hydrogens (tertiary/aromatic N) is 1. The van der Waals surface area contributed by atoms with Crippen molar-refractivity contribution < 1.29 is 18.3 Å². The third-order valence-corrected chi connectivity index (χ3v) is 6.55. The van der Waals surface area contributed by atoms with Crippen molar-refractivity contribution in [2.75, 3.05) is 0 Å². The summed E-state index contributed by atoms with van der Waals surface area (Å²) in [6, 6.07) is 23.4. The number of carbonyl (C=O) groups excluding carboxylic acids is 1. The molecule has 0 amide bonds. The standard InChI is InChI=1S/C28H22ClF2NO2S/c1-19-13-21(15-25(14-19)34-24-11-9-23(31)10-12-24)17-32(16-20-5-7-22(30)8-6-20)35-28-4-2-3-27(29)26(28)18-33/h2-15,18H,16-17H2,1H3. The van der Waals surface area contributed by atoms with Gasteiger partial charge in [0.1, 0.15) is 23.1 Å². The summed E-state index contributed by atoms with van der Waals surface area (Å²) >= 11 is 7.64. The van der Waals surface area contributed by atoms with Gasteiger partial charge in [-0.15, -0.1) is 0 Å². The minimum atomic E-state index is -0.327. The Bertz CT molecular complexity index is 1310. The van der Waals surface area contributed by atoms with Crippen LogP contribution in [0.3, 0.4) is 0 Å². The highest BCUT2D eigenvalue weighted by Gasteiger charge is 2.15. The Morgan fingerprint density at radius 1 is 0.857 bits per heavy atom. The molecular formula is C28H22ClF2NO2S. The summed E-state index contributed by atoms with van der Waals surface area (Å²) in [5, 5.41) is 0.386. The third-order valence-electron chi connectivity index (χ3n) is 5.15. The lowest BCUT2D eigenvalue weighted by Crippen LogP contribution is -2.15. The van der Waals surface area contributed by atoms with E-state index in [2.05, 4.69) is 4.31 Å². The molecule has 0 spiro atoms. The van der Waals surface area contributed by atoms with Gasteiger partial charge in [0.25, 0.3) is 0 Å². The van der Waals surface area contributed by atoms with Gasteiger partial charge in [-0.3, -0.25) is 4.79 Å². The molecule has 3 nitrogen and oxygen atoms in total. The van der Waals surface area contributed by atoms with E-state index in [1.165, 1.54) is 36.2 Å². The summed E-state index contributed by atoms with van der Waals surface area (Å²) < 4.78 is 34.7. The van der Waals surface area contributed by atoms with Gasteiger partial charge in [-0.1, -0.05) is 35.9 Å². The van der Waals surface area contributed by atoms with Crippen LogP contribution in [0.2, 0.25) is 5.02 Å². The van der Waals surface area contributed by atoms with Gasteiger partial charge >= 0.3 is 0 Å². The summed E-state index contributed by atoms with van der Waals surface area (Å²) in [5.41, 5.74) is 3.32. The van der Waals surface area contributed by atoms with Crippen LogP contribution in [-0.2, 0) is 13.1 Å². The highest BCUT2D eigenvalue weighted by Crippen LogP contribution is 2.33. The zero-order valence-electron chi connectivity index (χ0n) is 18.9. The molecule has 178 valence electrons. The summed E-state index contributed by atoms with van der Waals surface area (Å²) in [7, 11) is 0. The molecule has 0 aliphatic rings. The number of halogens is 3. The van der Waals surface area contributed by atoms with Crippen molar-refractivity contribution in [2.45, 2.75) is 24.9 Å². The lowest BCUT2D eigenvalue weighted by molar-refractivity contribution is 0.112. The fourth-order valence-corrected chi connectivity index (χ4v) is 4.96. The first-order valence-electron chi connectivity index (χ1n) is 10.8. The quantitative estimate of drug-likeness (QED) is 0.168. The van der Waals surface area contributed by atoms with Gasteiger partial charge in [0.15, 0.2) is 6.29 Å². The highest BCUT2D eigenvalue weighted by atomic mass is 35.5. The van der Waals surface area contributed by atoms with E-state index in [1.54, 1.807) is 36.4 Å². The predicted octanol–water partition coefficient (Wildman–Crippen LogP) is 8.24. The molecule has 0 aliphatic carbocycles. The van der Waals surface area contributed by atoms with Crippen LogP contribution < -0.4 is 4.74 Å². The topological polar surface area (TPSA) is 29.5 Å². The Morgan fingerprint density at radius 2 is 1.51 bits per heavy atom. The van der Waals surface area contributed by atoms with E-state index in [0.717, 1.165) is 27.9 Å². The SMILES string of the molecule is Cc1cc(CN(Cc2ccc(F)cc2)Sc2cccc(Cl)c2C=O)cc(Oc2ccc(F)cc2)c1. The first kappa shape index (κ1) is 24.9. The van der Waals surface area contributed by atoms with E-state index in [4.69, 9.17) is 16.3 Å². The van der Waals surface area contributed by atoms with Gasteiger partial charge in [0.2, 0.25) is 0 Å². The van der Waals surface area contributed by atoms with Crippen molar-refractivity contribution in [1.82, 2.24) is 4.31 Å². The first-order chi connectivity index (χ1) is 16.9. The van der Waals surface area contributed by atoms with Crippen LogP contribution in [0.5, 0.6) is 11.5 Å². The zero-order valence-corrected chi connectivity index (χ0v) is 20.5. The number of benzene rings is 4. The van der Waals surface area contributed by atoms with E-state index in [0.29, 0.717) is 35.2 Å². The van der Waals surface area contributed by atoms with Crippen LogP contribution in [-0.4, -0.2) is 10.6 Å². The maximum Gasteiger partial charge on any atom is 0.152 e. The Kier molecular flexibility index (Phi) is 8.18. The molecule has 35 heavy (non-hydrogen) atoms. The Labute approximate surface area is 212 Å². The van der Waals surface area contributed by atoms with Gasteiger partial charge in [-0.05, 0) is 96.2 Å². The Hall–Kier alpha value is -3.19. The average molecular weight is 510 g/mol. The number of carbonyl (C=O) groups is 1. The van der Waals surface area contributed by atoms with Crippen LogP contribution in [0.25, 0.3) is 0 Å². The number of hydrogen-bond acceptors (Lipinski definition) is 4. The molecule has 0 saturated heterocycles. The number of ether oxygens (including phenoxy) is 1. The molecule has 0 saturated carbocycles. The van der Waals surface area contributed by atoms with E-state index >= 15 is 0 Å². The number of hydrogen-bond donors (Lipinski definition) is 0. The number of rotatable bonds is 9. The fourth-order valence-electron chi connectivity index (χ4n) is 3.58. The fraction of sp³-hybridized carbons (Fsp3) is 0.107. The summed E-state index contributed by atoms with van der Waals surface area (Å²) in [6.45, 7) is 2.98. The van der Waals surface area contributed by atoms with E-state index in [-0.39, 0.29) is 11.6 Å². The lowest BCUT2D eigenvalue weighted by Gasteiger charge is -2.23. The van der Waals surface area contributed by atoms with Crippen LogP contribution in [0, 0.1) is 18.6 Å². The second kappa shape index (κ2) is 11.5. The van der Waals surface area contributed by atoms with Crippen LogP contribution in [0.4, 0.5) is 8.78 Å². The zero-order chi connectivity index (χ0) is 24.8. The van der Waals surface area contributed by atoms with E-state index < -0.39 is 0 Å². The van der Waals surface area contributed by atoms with Gasteiger partial charge in [0, 0.05) is 23.5 Å². The molecule has 4 aromatic rings. The van der Waals surface area contributed by atoms with Crippen molar-refractivity contribution >= 4 is 29.8 Å². The van der Waals surface area contributed by atoms with E-state index in [9.17, 15) is 13.6 Å². The van der Waals surface area contributed by atoms with Crippen molar-refractivity contribution in [2.24, 2.45) is 0 Å². The molecule has 0 atom stereocenters. The second-order valence-corrected chi connectivity index (χ2v) is 9.54. The Balaban J connectivity index is 1.61. The molecule has 0 radical (unpaired) electrons. The molecule has 4 aromatic carbocycles. The largest absolute Gasteiger partial charge is 0.457 e. The molecule has 0 aromatic heterocycles. The smallest absolute Gasteiger partial charge is 0.152 e. The predicted molar refractivity (Wildman–Crippen MR) is 136 cm³/mol. The van der Waals surface area contributed by atoms with Gasteiger partial charge in [0.05, 0.1) is 5.02 Å². The molecule has 0 unspecified atom stereocenters. The van der Waals surface area contributed by atoms with Gasteiger partial charge in [-0.25, -0.2) is 13.1 Å². The normalized spacial score (nSPS) is 11.0. The number of aldehydes is 1. The molecule has 0 fully saturated rings. The second-order valence-electron chi connectivity index (χ2n) is 8.00. The van der Waals surface area contributed by atoms with Crippen molar-refractivity contribution in [3.63, 3.8) is 0 Å². The third kappa shape index (κ3) is 6.92. The molecule has 0 bridgehead atoms. The van der Waals surface area contributed by atoms with Crippen LogP contribution in [0.1, 0.15) is 27.0 Å². The van der Waals surface area contributed by atoms with Crippen molar-refractivity contribution in [3.05, 3.63) is 124 Å². The molecule has 0 heterocycles. The number of aryl methyl sites for hydroxylation is 1. The van der Waals surface area contributed by atoms with E-state index in [1.807, 2.05) is 31.2 Å². The minimum absolute atomic E-state index is 0.299. The monoisotopic (exact) mass is 509 g/mol. The average Bonchev–Trinajstić information content (AvgIpc) is 2.82. The van der Waals surface area contributed by atoms with Gasteiger partial charge in [-0.2, -0.15) is 0 Å². The molecule has 0 N–H and O–H groups in total. The Morgan fingerprint density at radius 3 is 2.20 bits per heavy atom. The minimum Gasteiger partial charge on any atom is -0.457 e. The van der Waals surface area contributed by atoms with Gasteiger partial charge < -0.3 is 4.74 Å². The molecule has 7 heteroatoms. The summed E-state index contributed by atoms with van der Waals surface area (Å²) in [5.74, 6) is 0.545. The lowest BCUT2D eigenvalue weighted by atomic mass is 10.1. The maximum absolute atomic E-state index is 13.4.